The Morgan fingerprint density at radius 1 is 1.04 bits per heavy atom. The standard InChI is InChI=1S/C24H30N4/c1-28(2)15-9-8-14-25-24-26-17-19-16-22(18-10-4-3-5-11-18)20-12-6-7-13-21(20)23(19)27-24/h3-7,10-13,17,22,24-26H,8-9,14-16H2,1-2H3. The van der Waals surface area contributed by atoms with E-state index in [0.29, 0.717) is 5.92 Å². The molecule has 4 heteroatoms. The van der Waals surface area contributed by atoms with Crippen molar-refractivity contribution < 1.29 is 0 Å². The molecule has 28 heavy (non-hydrogen) atoms. The number of allylic oxidation sites excluding steroid dienone is 1. The summed E-state index contributed by atoms with van der Waals surface area (Å²) in [4.78, 5) is 7.25. The van der Waals surface area contributed by atoms with Crippen molar-refractivity contribution in [3.05, 3.63) is 83.1 Å². The van der Waals surface area contributed by atoms with E-state index in [1.54, 1.807) is 0 Å². The zero-order valence-corrected chi connectivity index (χ0v) is 16.9. The summed E-state index contributed by atoms with van der Waals surface area (Å²) in [5, 5.41) is 6.99. The van der Waals surface area contributed by atoms with Crippen LogP contribution in [0.15, 0.2) is 71.4 Å². The number of hydrogen-bond donors (Lipinski definition) is 2. The van der Waals surface area contributed by atoms with Crippen LogP contribution in [-0.2, 0) is 0 Å². The molecule has 0 bridgehead atoms. The Balaban J connectivity index is 1.51. The molecule has 0 amide bonds. The topological polar surface area (TPSA) is 39.7 Å². The highest BCUT2D eigenvalue weighted by Crippen LogP contribution is 2.39. The van der Waals surface area contributed by atoms with Gasteiger partial charge in [0.1, 0.15) is 0 Å². The Hall–Kier alpha value is -2.43. The molecule has 4 nitrogen and oxygen atoms in total. The minimum absolute atomic E-state index is 0.0422. The minimum Gasteiger partial charge on any atom is -0.357 e. The summed E-state index contributed by atoms with van der Waals surface area (Å²) >= 11 is 0. The van der Waals surface area contributed by atoms with Gasteiger partial charge in [0.05, 0.1) is 5.71 Å². The number of rotatable bonds is 7. The summed E-state index contributed by atoms with van der Waals surface area (Å²) in [7, 11) is 4.25. The van der Waals surface area contributed by atoms with Gasteiger partial charge in [-0.15, -0.1) is 0 Å². The second-order valence-corrected chi connectivity index (χ2v) is 7.94. The maximum atomic E-state index is 5.02. The van der Waals surface area contributed by atoms with Gasteiger partial charge >= 0.3 is 0 Å². The molecule has 2 aromatic carbocycles. The van der Waals surface area contributed by atoms with Gasteiger partial charge in [0.15, 0.2) is 6.29 Å². The summed E-state index contributed by atoms with van der Waals surface area (Å²) in [6.45, 7) is 2.10. The molecular formula is C24H30N4. The molecule has 2 unspecified atom stereocenters. The molecule has 1 aliphatic heterocycles. The molecule has 0 spiro atoms. The first-order chi connectivity index (χ1) is 13.7. The molecule has 0 radical (unpaired) electrons. The smallest absolute Gasteiger partial charge is 0.174 e. The van der Waals surface area contributed by atoms with Gasteiger partial charge in [-0.25, -0.2) is 4.99 Å². The third-order valence-electron chi connectivity index (χ3n) is 5.56. The zero-order chi connectivity index (χ0) is 19.3. The summed E-state index contributed by atoms with van der Waals surface area (Å²) in [5.74, 6) is 0.389. The predicted octanol–water partition coefficient (Wildman–Crippen LogP) is 3.71. The number of fused-ring (bicyclic) bond motifs is 3. The van der Waals surface area contributed by atoms with Crippen LogP contribution >= 0.6 is 0 Å². The average Bonchev–Trinajstić information content (AvgIpc) is 2.73. The quantitative estimate of drug-likeness (QED) is 0.726. The van der Waals surface area contributed by atoms with Gasteiger partial charge in [0.25, 0.3) is 0 Å². The average molecular weight is 375 g/mol. The third-order valence-corrected chi connectivity index (χ3v) is 5.56. The molecule has 2 aromatic rings. The number of nitrogens with zero attached hydrogens (tertiary/aromatic N) is 2. The molecule has 0 saturated carbocycles. The van der Waals surface area contributed by atoms with E-state index in [4.69, 9.17) is 4.99 Å². The van der Waals surface area contributed by atoms with E-state index in [-0.39, 0.29) is 6.29 Å². The van der Waals surface area contributed by atoms with Gasteiger partial charge in [0.2, 0.25) is 0 Å². The number of unbranched alkanes of at least 4 members (excludes halogenated alkanes) is 1. The molecule has 1 aliphatic carbocycles. The molecule has 2 atom stereocenters. The van der Waals surface area contributed by atoms with Crippen molar-refractivity contribution in [3.63, 3.8) is 0 Å². The first-order valence-electron chi connectivity index (χ1n) is 10.3. The van der Waals surface area contributed by atoms with E-state index in [2.05, 4.69) is 90.4 Å². The maximum Gasteiger partial charge on any atom is 0.174 e. The number of aliphatic imine (C=N–C) groups is 1. The summed E-state index contributed by atoms with van der Waals surface area (Å²) in [5.41, 5.74) is 6.48. The van der Waals surface area contributed by atoms with E-state index in [9.17, 15) is 0 Å². The third kappa shape index (κ3) is 4.18. The lowest BCUT2D eigenvalue weighted by Gasteiger charge is -2.33. The lowest BCUT2D eigenvalue weighted by molar-refractivity contribution is 0.384. The molecule has 2 N–H and O–H groups in total. The van der Waals surface area contributed by atoms with Gasteiger partial charge in [-0.3, -0.25) is 5.32 Å². The van der Waals surface area contributed by atoms with E-state index in [1.165, 1.54) is 28.7 Å². The van der Waals surface area contributed by atoms with Gasteiger partial charge in [-0.05, 0) is 63.1 Å². The molecule has 0 aromatic heterocycles. The van der Waals surface area contributed by atoms with Crippen molar-refractivity contribution in [2.45, 2.75) is 31.5 Å². The lowest BCUT2D eigenvalue weighted by Crippen LogP contribution is -2.43. The van der Waals surface area contributed by atoms with Gasteiger partial charge in [-0.1, -0.05) is 54.6 Å². The van der Waals surface area contributed by atoms with Crippen LogP contribution < -0.4 is 10.6 Å². The van der Waals surface area contributed by atoms with E-state index in [0.717, 1.165) is 31.6 Å². The Morgan fingerprint density at radius 2 is 1.82 bits per heavy atom. The van der Waals surface area contributed by atoms with Crippen molar-refractivity contribution in [2.75, 3.05) is 27.2 Å². The van der Waals surface area contributed by atoms with Crippen LogP contribution in [0.1, 0.15) is 41.9 Å². The summed E-state index contributed by atoms with van der Waals surface area (Å²) < 4.78 is 0. The molecule has 1 heterocycles. The van der Waals surface area contributed by atoms with Crippen molar-refractivity contribution in [1.29, 1.82) is 0 Å². The molecule has 0 saturated heterocycles. The Kier molecular flexibility index (Phi) is 5.89. The van der Waals surface area contributed by atoms with Crippen molar-refractivity contribution in [3.8, 4) is 0 Å². The van der Waals surface area contributed by atoms with Crippen molar-refractivity contribution >= 4 is 5.71 Å². The highest BCUT2D eigenvalue weighted by atomic mass is 15.3. The van der Waals surface area contributed by atoms with Crippen LogP contribution in [0.25, 0.3) is 0 Å². The molecular weight excluding hydrogens is 344 g/mol. The largest absolute Gasteiger partial charge is 0.357 e. The molecule has 4 rings (SSSR count). The van der Waals surface area contributed by atoms with E-state index < -0.39 is 0 Å². The van der Waals surface area contributed by atoms with Crippen molar-refractivity contribution in [1.82, 2.24) is 15.5 Å². The lowest BCUT2D eigenvalue weighted by atomic mass is 9.75. The second kappa shape index (κ2) is 8.72. The SMILES string of the molecule is CN(C)CCCCNC1N=C2C(=CN1)CC(c1ccccc1)c1ccccc12. The van der Waals surface area contributed by atoms with E-state index in [1.807, 2.05) is 0 Å². The Labute approximate surface area is 168 Å². The Morgan fingerprint density at radius 3 is 2.64 bits per heavy atom. The summed E-state index contributed by atoms with van der Waals surface area (Å²) in [6, 6.07) is 19.6. The predicted molar refractivity (Wildman–Crippen MR) is 117 cm³/mol. The molecule has 146 valence electrons. The van der Waals surface area contributed by atoms with Crippen LogP contribution in [0.4, 0.5) is 0 Å². The first-order valence-corrected chi connectivity index (χ1v) is 10.3. The van der Waals surface area contributed by atoms with Crippen LogP contribution in [0.5, 0.6) is 0 Å². The van der Waals surface area contributed by atoms with Crippen LogP contribution in [-0.4, -0.2) is 44.1 Å². The number of nitrogens with one attached hydrogen (secondary N) is 2. The van der Waals surface area contributed by atoms with Gasteiger partial charge in [0, 0.05) is 17.7 Å². The first kappa shape index (κ1) is 18.9. The highest BCUT2D eigenvalue weighted by Gasteiger charge is 2.30. The molecule has 0 fully saturated rings. The van der Waals surface area contributed by atoms with E-state index >= 15 is 0 Å². The second-order valence-electron chi connectivity index (χ2n) is 7.94. The fourth-order valence-electron chi connectivity index (χ4n) is 4.12. The van der Waals surface area contributed by atoms with Crippen LogP contribution in [0.2, 0.25) is 0 Å². The van der Waals surface area contributed by atoms with Crippen LogP contribution in [0, 0.1) is 0 Å². The maximum absolute atomic E-state index is 5.02. The zero-order valence-electron chi connectivity index (χ0n) is 16.9. The molecule has 2 aliphatic rings. The summed E-state index contributed by atoms with van der Waals surface area (Å²) in [6.07, 6.45) is 5.48. The number of benzene rings is 2. The highest BCUT2D eigenvalue weighted by molar-refractivity contribution is 6.15. The fourth-order valence-corrected chi connectivity index (χ4v) is 4.12. The fraction of sp³-hybridized carbons (Fsp3) is 0.375. The normalized spacial score (nSPS) is 20.7. The Bertz CT molecular complexity index is 854. The van der Waals surface area contributed by atoms with Gasteiger partial charge < -0.3 is 10.2 Å². The minimum atomic E-state index is -0.0422. The van der Waals surface area contributed by atoms with Crippen LogP contribution in [0.3, 0.4) is 0 Å². The van der Waals surface area contributed by atoms with Crippen molar-refractivity contribution in [2.24, 2.45) is 4.99 Å². The van der Waals surface area contributed by atoms with Gasteiger partial charge in [-0.2, -0.15) is 0 Å². The monoisotopic (exact) mass is 374 g/mol. The number of hydrogen-bond acceptors (Lipinski definition) is 4.